The smallest absolute Gasteiger partial charge is 0.127 e. The zero-order chi connectivity index (χ0) is 12.4. The van der Waals surface area contributed by atoms with Crippen LogP contribution in [0.3, 0.4) is 0 Å². The summed E-state index contributed by atoms with van der Waals surface area (Å²) in [6.07, 6.45) is 3.09. The molecule has 4 heteroatoms. The van der Waals surface area contributed by atoms with Crippen LogP contribution in [0.2, 0.25) is 5.02 Å². The van der Waals surface area contributed by atoms with Gasteiger partial charge in [-0.05, 0) is 43.4 Å². The number of rotatable bonds is 3. The molecule has 94 valence electrons. The summed E-state index contributed by atoms with van der Waals surface area (Å²) in [6.45, 7) is 2.53. The Morgan fingerprint density at radius 3 is 3.00 bits per heavy atom. The van der Waals surface area contributed by atoms with Gasteiger partial charge in [0.15, 0.2) is 0 Å². The fourth-order valence-electron chi connectivity index (χ4n) is 2.20. The van der Waals surface area contributed by atoms with E-state index in [2.05, 4.69) is 0 Å². The van der Waals surface area contributed by atoms with Gasteiger partial charge in [0.05, 0.1) is 6.10 Å². The molecule has 2 N–H and O–H groups in total. The summed E-state index contributed by atoms with van der Waals surface area (Å²) in [7, 11) is 0. The predicted octanol–water partition coefficient (Wildman–Crippen LogP) is 3.36. The highest BCUT2D eigenvalue weighted by molar-refractivity contribution is 6.31. The Morgan fingerprint density at radius 1 is 1.59 bits per heavy atom. The second-order valence-electron chi connectivity index (χ2n) is 4.60. The van der Waals surface area contributed by atoms with Crippen molar-refractivity contribution in [3.63, 3.8) is 0 Å². The largest absolute Gasteiger partial charge is 0.378 e. The Bertz CT molecular complexity index is 405. The Morgan fingerprint density at radius 2 is 2.35 bits per heavy atom. The number of hydrogen-bond acceptors (Lipinski definition) is 2. The first kappa shape index (κ1) is 12.8. The lowest BCUT2D eigenvalue weighted by Crippen LogP contribution is -2.19. The molecule has 1 heterocycles. The van der Waals surface area contributed by atoms with Gasteiger partial charge in [-0.15, -0.1) is 0 Å². The van der Waals surface area contributed by atoms with E-state index in [0.29, 0.717) is 10.6 Å². The van der Waals surface area contributed by atoms with Gasteiger partial charge in [-0.2, -0.15) is 0 Å². The predicted molar refractivity (Wildman–Crippen MR) is 66.7 cm³/mol. The van der Waals surface area contributed by atoms with Crippen molar-refractivity contribution < 1.29 is 9.13 Å². The minimum absolute atomic E-state index is 0.190. The first-order valence-electron chi connectivity index (χ1n) is 5.90. The molecule has 0 spiro atoms. The zero-order valence-electron chi connectivity index (χ0n) is 9.88. The number of halogens is 2. The molecule has 1 aromatic carbocycles. The standard InChI is InChI=1S/C13H17ClFNO/c1-8-5-10(11(14)7-12(8)15)13(16)6-9-3-2-4-17-9/h5,7,9,13H,2-4,6,16H2,1H3. The molecule has 0 bridgehead atoms. The van der Waals surface area contributed by atoms with Crippen LogP contribution in [-0.2, 0) is 4.74 Å². The van der Waals surface area contributed by atoms with Crippen LogP contribution in [0, 0.1) is 12.7 Å². The van der Waals surface area contributed by atoms with E-state index in [0.717, 1.165) is 31.4 Å². The number of hydrogen-bond donors (Lipinski definition) is 1. The molecule has 0 amide bonds. The summed E-state index contributed by atoms with van der Waals surface area (Å²) in [5, 5.41) is 0.401. The maximum atomic E-state index is 13.3. The summed E-state index contributed by atoms with van der Waals surface area (Å²) in [5.74, 6) is -0.289. The highest BCUT2D eigenvalue weighted by Crippen LogP contribution is 2.29. The van der Waals surface area contributed by atoms with Gasteiger partial charge in [0.25, 0.3) is 0 Å². The molecule has 2 nitrogen and oxygen atoms in total. The molecule has 2 unspecified atom stereocenters. The molecular formula is C13H17ClFNO. The SMILES string of the molecule is Cc1cc(C(N)CC2CCCO2)c(Cl)cc1F. The lowest BCUT2D eigenvalue weighted by molar-refractivity contribution is 0.0983. The number of aryl methyl sites for hydroxylation is 1. The summed E-state index contributed by atoms with van der Waals surface area (Å²) in [4.78, 5) is 0. The molecule has 0 radical (unpaired) electrons. The van der Waals surface area contributed by atoms with E-state index in [4.69, 9.17) is 22.1 Å². The minimum Gasteiger partial charge on any atom is -0.378 e. The van der Waals surface area contributed by atoms with Gasteiger partial charge in [-0.1, -0.05) is 17.7 Å². The minimum atomic E-state index is -0.289. The number of nitrogens with two attached hydrogens (primary N) is 1. The number of benzene rings is 1. The van der Waals surface area contributed by atoms with Crippen LogP contribution < -0.4 is 5.73 Å². The van der Waals surface area contributed by atoms with Gasteiger partial charge < -0.3 is 10.5 Å². The highest BCUT2D eigenvalue weighted by atomic mass is 35.5. The molecule has 1 aromatic rings. The molecule has 2 rings (SSSR count). The summed E-state index contributed by atoms with van der Waals surface area (Å²) >= 11 is 6.02. The molecule has 2 atom stereocenters. The molecule has 1 aliphatic heterocycles. The van der Waals surface area contributed by atoms with Gasteiger partial charge in [-0.25, -0.2) is 4.39 Å². The Kier molecular flexibility index (Phi) is 4.02. The summed E-state index contributed by atoms with van der Waals surface area (Å²) in [5.41, 5.74) is 7.49. The van der Waals surface area contributed by atoms with Gasteiger partial charge in [0, 0.05) is 17.7 Å². The molecule has 1 saturated heterocycles. The molecular weight excluding hydrogens is 241 g/mol. The van der Waals surface area contributed by atoms with Crippen molar-refractivity contribution in [3.8, 4) is 0 Å². The summed E-state index contributed by atoms with van der Waals surface area (Å²) < 4.78 is 18.8. The maximum Gasteiger partial charge on any atom is 0.127 e. The lowest BCUT2D eigenvalue weighted by atomic mass is 9.98. The highest BCUT2D eigenvalue weighted by Gasteiger charge is 2.21. The molecule has 1 fully saturated rings. The average Bonchev–Trinajstić information content (AvgIpc) is 2.76. The van der Waals surface area contributed by atoms with Crippen molar-refractivity contribution in [1.29, 1.82) is 0 Å². The van der Waals surface area contributed by atoms with E-state index in [1.807, 2.05) is 0 Å². The Balaban J connectivity index is 2.12. The van der Waals surface area contributed by atoms with Crippen LogP contribution in [0.15, 0.2) is 12.1 Å². The second-order valence-corrected chi connectivity index (χ2v) is 5.01. The van der Waals surface area contributed by atoms with Crippen molar-refractivity contribution in [3.05, 3.63) is 34.1 Å². The topological polar surface area (TPSA) is 35.2 Å². The maximum absolute atomic E-state index is 13.3. The third-order valence-electron chi connectivity index (χ3n) is 3.22. The van der Waals surface area contributed by atoms with E-state index in [9.17, 15) is 4.39 Å². The van der Waals surface area contributed by atoms with Crippen molar-refractivity contribution in [2.75, 3.05) is 6.61 Å². The Labute approximate surface area is 106 Å². The molecule has 0 aliphatic carbocycles. The van der Waals surface area contributed by atoms with Crippen molar-refractivity contribution in [2.45, 2.75) is 38.3 Å². The van der Waals surface area contributed by atoms with Gasteiger partial charge in [0.2, 0.25) is 0 Å². The molecule has 1 aliphatic rings. The third kappa shape index (κ3) is 2.97. The van der Waals surface area contributed by atoms with Crippen molar-refractivity contribution >= 4 is 11.6 Å². The lowest BCUT2D eigenvalue weighted by Gasteiger charge is -2.18. The van der Waals surface area contributed by atoms with Crippen LogP contribution in [0.4, 0.5) is 4.39 Å². The van der Waals surface area contributed by atoms with Crippen LogP contribution in [0.1, 0.15) is 36.4 Å². The molecule has 17 heavy (non-hydrogen) atoms. The van der Waals surface area contributed by atoms with Crippen molar-refractivity contribution in [1.82, 2.24) is 0 Å². The summed E-state index contributed by atoms with van der Waals surface area (Å²) in [6, 6.07) is 2.88. The number of ether oxygens (including phenoxy) is 1. The zero-order valence-corrected chi connectivity index (χ0v) is 10.6. The normalized spacial score (nSPS) is 21.8. The van der Waals surface area contributed by atoms with Crippen LogP contribution >= 0.6 is 11.6 Å². The third-order valence-corrected chi connectivity index (χ3v) is 3.55. The quantitative estimate of drug-likeness (QED) is 0.901. The van der Waals surface area contributed by atoms with Gasteiger partial charge >= 0.3 is 0 Å². The van der Waals surface area contributed by atoms with E-state index in [1.54, 1.807) is 13.0 Å². The first-order chi connectivity index (χ1) is 8.08. The second kappa shape index (κ2) is 5.34. The van der Waals surface area contributed by atoms with E-state index in [1.165, 1.54) is 6.07 Å². The van der Waals surface area contributed by atoms with Gasteiger partial charge in [-0.3, -0.25) is 0 Å². The van der Waals surface area contributed by atoms with Crippen LogP contribution in [-0.4, -0.2) is 12.7 Å². The van der Waals surface area contributed by atoms with Gasteiger partial charge in [0.1, 0.15) is 5.82 Å². The fraction of sp³-hybridized carbons (Fsp3) is 0.538. The van der Waals surface area contributed by atoms with Crippen LogP contribution in [0.25, 0.3) is 0 Å². The first-order valence-corrected chi connectivity index (χ1v) is 6.28. The van der Waals surface area contributed by atoms with Crippen molar-refractivity contribution in [2.24, 2.45) is 5.73 Å². The monoisotopic (exact) mass is 257 g/mol. The fourth-order valence-corrected chi connectivity index (χ4v) is 2.49. The molecule has 0 aromatic heterocycles. The van der Waals surface area contributed by atoms with E-state index < -0.39 is 0 Å². The molecule has 0 saturated carbocycles. The average molecular weight is 258 g/mol. The van der Waals surface area contributed by atoms with E-state index >= 15 is 0 Å². The van der Waals surface area contributed by atoms with E-state index in [-0.39, 0.29) is 18.0 Å². The Hall–Kier alpha value is -0.640. The van der Waals surface area contributed by atoms with Crippen LogP contribution in [0.5, 0.6) is 0 Å².